The normalized spacial score (nSPS) is 16.9. The summed E-state index contributed by atoms with van der Waals surface area (Å²) in [4.78, 5) is 15.1. The van der Waals surface area contributed by atoms with E-state index < -0.39 is 0 Å². The maximum absolute atomic E-state index is 12.6. The number of piperidine rings is 1. The largest absolute Gasteiger partial charge is 0.346 e. The van der Waals surface area contributed by atoms with Crippen molar-refractivity contribution in [2.24, 2.45) is 5.92 Å². The molecule has 1 fully saturated rings. The van der Waals surface area contributed by atoms with Gasteiger partial charge in [0.05, 0.1) is 6.04 Å². The highest BCUT2D eigenvalue weighted by atomic mass is 16.1. The minimum absolute atomic E-state index is 0.00758. The summed E-state index contributed by atoms with van der Waals surface area (Å²) in [5.74, 6) is 0.839. The highest BCUT2D eigenvalue weighted by Gasteiger charge is 2.16. The van der Waals surface area contributed by atoms with Gasteiger partial charge in [-0.1, -0.05) is 37.3 Å². The molecule has 1 amide bonds. The molecule has 1 aliphatic rings. The Morgan fingerprint density at radius 2 is 1.74 bits per heavy atom. The van der Waals surface area contributed by atoms with E-state index in [1.54, 1.807) is 0 Å². The van der Waals surface area contributed by atoms with E-state index in [2.05, 4.69) is 61.3 Å². The van der Waals surface area contributed by atoms with Crippen LogP contribution in [0.3, 0.4) is 0 Å². The maximum atomic E-state index is 12.6. The Balaban J connectivity index is 1.57. The first-order valence-electron chi connectivity index (χ1n) is 10.1. The second kappa shape index (κ2) is 8.71. The Labute approximate surface area is 163 Å². The molecule has 27 heavy (non-hydrogen) atoms. The lowest BCUT2D eigenvalue weighted by atomic mass is 9.98. The van der Waals surface area contributed by atoms with Crippen molar-refractivity contribution in [3.05, 3.63) is 70.3 Å². The van der Waals surface area contributed by atoms with Crippen LogP contribution in [-0.4, -0.2) is 23.9 Å². The Bertz CT molecular complexity index is 773. The molecular formula is C24H32N2O. The molecule has 144 valence electrons. The summed E-state index contributed by atoms with van der Waals surface area (Å²) in [6.07, 6.45) is 2.58. The second-order valence-electron chi connectivity index (χ2n) is 8.19. The van der Waals surface area contributed by atoms with Gasteiger partial charge in [0.15, 0.2) is 0 Å². The molecule has 3 nitrogen and oxygen atoms in total. The SMILES string of the molecule is Cc1ccc(C(C)NC(=O)c2ccc(CN3CCC(C)CC3)cc2)cc1C. The zero-order chi connectivity index (χ0) is 19.4. The number of benzene rings is 2. The number of carbonyl (C=O) groups is 1. The fraction of sp³-hybridized carbons (Fsp3) is 0.458. The molecule has 1 atom stereocenters. The first-order valence-corrected chi connectivity index (χ1v) is 10.1. The van der Waals surface area contributed by atoms with Gasteiger partial charge < -0.3 is 5.32 Å². The van der Waals surface area contributed by atoms with Gasteiger partial charge in [0, 0.05) is 12.1 Å². The third-order valence-electron chi connectivity index (χ3n) is 5.88. The summed E-state index contributed by atoms with van der Waals surface area (Å²) in [5, 5.41) is 3.12. The molecule has 1 heterocycles. The van der Waals surface area contributed by atoms with Crippen LogP contribution in [0.15, 0.2) is 42.5 Å². The lowest BCUT2D eigenvalue weighted by molar-refractivity contribution is 0.0940. The standard InChI is InChI=1S/C24H32N2O/c1-17-11-13-26(14-12-17)16-21-6-9-22(10-7-21)24(27)25-20(4)23-8-5-18(2)19(3)15-23/h5-10,15,17,20H,11-14,16H2,1-4H3,(H,25,27). The number of carbonyl (C=O) groups excluding carboxylic acids is 1. The van der Waals surface area contributed by atoms with E-state index in [-0.39, 0.29) is 11.9 Å². The third-order valence-corrected chi connectivity index (χ3v) is 5.88. The second-order valence-corrected chi connectivity index (χ2v) is 8.19. The number of rotatable bonds is 5. The van der Waals surface area contributed by atoms with Crippen LogP contribution in [0.25, 0.3) is 0 Å². The molecule has 1 saturated heterocycles. The van der Waals surface area contributed by atoms with Crippen LogP contribution < -0.4 is 5.32 Å². The van der Waals surface area contributed by atoms with Gasteiger partial charge in [-0.3, -0.25) is 9.69 Å². The van der Waals surface area contributed by atoms with Crippen molar-refractivity contribution in [2.45, 2.75) is 53.1 Å². The number of hydrogen-bond acceptors (Lipinski definition) is 2. The van der Waals surface area contributed by atoms with Crippen LogP contribution in [0.5, 0.6) is 0 Å². The van der Waals surface area contributed by atoms with Crippen molar-refractivity contribution in [1.82, 2.24) is 10.2 Å². The molecule has 0 aromatic heterocycles. The van der Waals surface area contributed by atoms with Gasteiger partial charge in [-0.05, 0) is 87.0 Å². The molecule has 2 aromatic rings. The van der Waals surface area contributed by atoms with Crippen LogP contribution in [0.2, 0.25) is 0 Å². The molecule has 0 bridgehead atoms. The van der Waals surface area contributed by atoms with Gasteiger partial charge in [0.1, 0.15) is 0 Å². The zero-order valence-electron chi connectivity index (χ0n) is 17.1. The smallest absolute Gasteiger partial charge is 0.251 e. The fourth-order valence-corrected chi connectivity index (χ4v) is 3.64. The quantitative estimate of drug-likeness (QED) is 0.807. The van der Waals surface area contributed by atoms with Crippen molar-refractivity contribution in [2.75, 3.05) is 13.1 Å². The molecule has 0 aliphatic carbocycles. The molecule has 1 N–H and O–H groups in total. The van der Waals surface area contributed by atoms with E-state index in [1.165, 1.54) is 42.6 Å². The topological polar surface area (TPSA) is 32.3 Å². The molecule has 3 rings (SSSR count). The van der Waals surface area contributed by atoms with Crippen LogP contribution in [0, 0.1) is 19.8 Å². The number of hydrogen-bond donors (Lipinski definition) is 1. The van der Waals surface area contributed by atoms with Crippen LogP contribution in [-0.2, 0) is 6.54 Å². The minimum atomic E-state index is -0.0147. The predicted molar refractivity (Wildman–Crippen MR) is 112 cm³/mol. The highest BCUT2D eigenvalue weighted by Crippen LogP contribution is 2.19. The van der Waals surface area contributed by atoms with E-state index >= 15 is 0 Å². The number of amides is 1. The Kier molecular flexibility index (Phi) is 6.33. The summed E-state index contributed by atoms with van der Waals surface area (Å²) in [7, 11) is 0. The monoisotopic (exact) mass is 364 g/mol. The van der Waals surface area contributed by atoms with Gasteiger partial charge >= 0.3 is 0 Å². The Hall–Kier alpha value is -2.13. The fourth-order valence-electron chi connectivity index (χ4n) is 3.64. The van der Waals surface area contributed by atoms with Crippen LogP contribution >= 0.6 is 0 Å². The van der Waals surface area contributed by atoms with Crippen molar-refractivity contribution in [3.63, 3.8) is 0 Å². The summed E-state index contributed by atoms with van der Waals surface area (Å²) >= 11 is 0. The highest BCUT2D eigenvalue weighted by molar-refractivity contribution is 5.94. The Morgan fingerprint density at radius 1 is 1.07 bits per heavy atom. The summed E-state index contributed by atoms with van der Waals surface area (Å²) in [5.41, 5.74) is 5.67. The van der Waals surface area contributed by atoms with E-state index in [9.17, 15) is 4.79 Å². The van der Waals surface area contributed by atoms with Crippen molar-refractivity contribution < 1.29 is 4.79 Å². The number of aryl methyl sites for hydroxylation is 2. The molecule has 0 saturated carbocycles. The van der Waals surface area contributed by atoms with Gasteiger partial charge in [0.2, 0.25) is 0 Å². The number of nitrogens with one attached hydrogen (secondary N) is 1. The van der Waals surface area contributed by atoms with Crippen LogP contribution in [0.1, 0.15) is 65.3 Å². The maximum Gasteiger partial charge on any atom is 0.251 e. The Morgan fingerprint density at radius 3 is 2.37 bits per heavy atom. The molecule has 0 radical (unpaired) electrons. The lowest BCUT2D eigenvalue weighted by Crippen LogP contribution is -2.32. The first-order chi connectivity index (χ1) is 12.9. The number of likely N-dealkylation sites (tertiary alicyclic amines) is 1. The van der Waals surface area contributed by atoms with E-state index in [1.807, 2.05) is 19.1 Å². The van der Waals surface area contributed by atoms with Gasteiger partial charge in [-0.25, -0.2) is 0 Å². The first kappa shape index (κ1) is 19.6. The van der Waals surface area contributed by atoms with Crippen molar-refractivity contribution in [3.8, 4) is 0 Å². The minimum Gasteiger partial charge on any atom is -0.346 e. The molecule has 3 heteroatoms. The molecule has 2 aromatic carbocycles. The molecule has 1 unspecified atom stereocenters. The zero-order valence-corrected chi connectivity index (χ0v) is 17.1. The molecule has 1 aliphatic heterocycles. The lowest BCUT2D eigenvalue weighted by Gasteiger charge is -2.30. The predicted octanol–water partition coefficient (Wildman–Crippen LogP) is 5.03. The molecular weight excluding hydrogens is 332 g/mol. The summed E-state index contributed by atoms with van der Waals surface area (Å²) < 4.78 is 0. The average Bonchev–Trinajstić information content (AvgIpc) is 2.66. The van der Waals surface area contributed by atoms with Gasteiger partial charge in [0.25, 0.3) is 5.91 Å². The van der Waals surface area contributed by atoms with Crippen LogP contribution in [0.4, 0.5) is 0 Å². The summed E-state index contributed by atoms with van der Waals surface area (Å²) in [6.45, 7) is 11.9. The average molecular weight is 365 g/mol. The van der Waals surface area contributed by atoms with Gasteiger partial charge in [-0.15, -0.1) is 0 Å². The van der Waals surface area contributed by atoms with Crippen molar-refractivity contribution >= 4 is 5.91 Å². The van der Waals surface area contributed by atoms with E-state index in [0.29, 0.717) is 0 Å². The summed E-state index contributed by atoms with van der Waals surface area (Å²) in [6, 6.07) is 14.4. The number of nitrogens with zero attached hydrogens (tertiary/aromatic N) is 1. The van der Waals surface area contributed by atoms with Gasteiger partial charge in [-0.2, -0.15) is 0 Å². The van der Waals surface area contributed by atoms with E-state index in [4.69, 9.17) is 0 Å². The van der Waals surface area contributed by atoms with E-state index in [0.717, 1.165) is 23.6 Å². The van der Waals surface area contributed by atoms with Crippen molar-refractivity contribution in [1.29, 1.82) is 0 Å². The third kappa shape index (κ3) is 5.20. The molecule has 0 spiro atoms.